The number of anilines is 3. The Hall–Kier alpha value is -4.39. The lowest BCUT2D eigenvalue weighted by Crippen LogP contribution is -2.02. The molecule has 3 aromatic carbocycles. The number of rotatable bonds is 6. The number of para-hydroxylation sites is 2. The third-order valence-electron chi connectivity index (χ3n) is 4.88. The molecule has 31 heavy (non-hydrogen) atoms. The van der Waals surface area contributed by atoms with Gasteiger partial charge in [-0.1, -0.05) is 24.3 Å². The SMILES string of the molecule is Oc1ccc(-c2cc(Nc3cccc(CNc4nc5ccccc5[nH]4)c3)ncn2)cc1. The summed E-state index contributed by atoms with van der Waals surface area (Å²) in [5, 5.41) is 16.1. The number of H-pyrrole nitrogens is 1. The topological polar surface area (TPSA) is 98.8 Å². The van der Waals surface area contributed by atoms with Crippen LogP contribution in [0.1, 0.15) is 5.56 Å². The minimum atomic E-state index is 0.226. The molecule has 0 aliphatic carbocycles. The Morgan fingerprint density at radius 2 is 1.74 bits per heavy atom. The zero-order chi connectivity index (χ0) is 21.0. The lowest BCUT2D eigenvalue weighted by molar-refractivity contribution is 0.475. The van der Waals surface area contributed by atoms with Gasteiger partial charge in [-0.2, -0.15) is 0 Å². The summed E-state index contributed by atoms with van der Waals surface area (Å²) < 4.78 is 0. The largest absolute Gasteiger partial charge is 0.508 e. The van der Waals surface area contributed by atoms with Gasteiger partial charge in [-0.25, -0.2) is 15.0 Å². The molecule has 2 heterocycles. The monoisotopic (exact) mass is 408 g/mol. The highest BCUT2D eigenvalue weighted by atomic mass is 16.3. The van der Waals surface area contributed by atoms with Crippen molar-refractivity contribution in [3.8, 4) is 17.0 Å². The Bertz CT molecular complexity index is 1300. The maximum atomic E-state index is 9.48. The summed E-state index contributed by atoms with van der Waals surface area (Å²) in [4.78, 5) is 16.5. The molecule has 0 aliphatic rings. The molecule has 5 aromatic rings. The van der Waals surface area contributed by atoms with E-state index in [2.05, 4.69) is 42.7 Å². The molecule has 7 heteroatoms. The van der Waals surface area contributed by atoms with Gasteiger partial charge in [0.25, 0.3) is 0 Å². The van der Waals surface area contributed by atoms with Gasteiger partial charge in [0, 0.05) is 23.9 Å². The van der Waals surface area contributed by atoms with Gasteiger partial charge in [-0.3, -0.25) is 0 Å². The van der Waals surface area contributed by atoms with Crippen molar-refractivity contribution in [1.29, 1.82) is 0 Å². The summed E-state index contributed by atoms with van der Waals surface area (Å²) >= 11 is 0. The van der Waals surface area contributed by atoms with Crippen molar-refractivity contribution in [2.24, 2.45) is 0 Å². The first kappa shape index (κ1) is 18.6. The number of nitrogens with zero attached hydrogens (tertiary/aromatic N) is 3. The highest BCUT2D eigenvalue weighted by molar-refractivity contribution is 5.77. The molecule has 5 rings (SSSR count). The minimum Gasteiger partial charge on any atom is -0.508 e. The van der Waals surface area contributed by atoms with Crippen LogP contribution >= 0.6 is 0 Å². The van der Waals surface area contributed by atoms with Crippen LogP contribution in [0.25, 0.3) is 22.3 Å². The molecule has 0 bridgehead atoms. The quantitative estimate of drug-likeness (QED) is 0.313. The molecular formula is C24H20N6O. The van der Waals surface area contributed by atoms with E-state index in [1.54, 1.807) is 12.1 Å². The third-order valence-corrected chi connectivity index (χ3v) is 4.88. The van der Waals surface area contributed by atoms with Gasteiger partial charge in [-0.15, -0.1) is 0 Å². The minimum absolute atomic E-state index is 0.226. The Morgan fingerprint density at radius 1 is 0.871 bits per heavy atom. The van der Waals surface area contributed by atoms with Crippen LogP contribution in [-0.4, -0.2) is 25.0 Å². The fourth-order valence-corrected chi connectivity index (χ4v) is 3.34. The van der Waals surface area contributed by atoms with E-state index < -0.39 is 0 Å². The average Bonchev–Trinajstić information content (AvgIpc) is 3.22. The highest BCUT2D eigenvalue weighted by Gasteiger charge is 2.05. The molecule has 0 radical (unpaired) electrons. The van der Waals surface area contributed by atoms with Crippen molar-refractivity contribution >= 4 is 28.5 Å². The third kappa shape index (κ3) is 4.30. The molecule has 0 saturated carbocycles. The summed E-state index contributed by atoms with van der Waals surface area (Å²) in [6.45, 7) is 0.637. The van der Waals surface area contributed by atoms with E-state index >= 15 is 0 Å². The van der Waals surface area contributed by atoms with Crippen LogP contribution in [0, 0.1) is 0 Å². The fraction of sp³-hybridized carbons (Fsp3) is 0.0417. The van der Waals surface area contributed by atoms with Gasteiger partial charge in [0.05, 0.1) is 16.7 Å². The van der Waals surface area contributed by atoms with Gasteiger partial charge < -0.3 is 20.7 Å². The van der Waals surface area contributed by atoms with Gasteiger partial charge >= 0.3 is 0 Å². The van der Waals surface area contributed by atoms with Crippen molar-refractivity contribution in [2.75, 3.05) is 10.6 Å². The van der Waals surface area contributed by atoms with Crippen LogP contribution in [0.2, 0.25) is 0 Å². The molecule has 7 nitrogen and oxygen atoms in total. The molecule has 0 amide bonds. The second kappa shape index (κ2) is 8.16. The molecule has 4 N–H and O–H groups in total. The van der Waals surface area contributed by atoms with E-state index in [0.29, 0.717) is 12.4 Å². The number of aromatic amines is 1. The van der Waals surface area contributed by atoms with Crippen LogP contribution in [-0.2, 0) is 6.54 Å². The number of fused-ring (bicyclic) bond motifs is 1. The number of imidazole rings is 1. The van der Waals surface area contributed by atoms with Gasteiger partial charge in [-0.05, 0) is 54.1 Å². The van der Waals surface area contributed by atoms with E-state index in [1.165, 1.54) is 6.33 Å². The Balaban J connectivity index is 1.29. The second-order valence-corrected chi connectivity index (χ2v) is 7.12. The molecule has 0 fully saturated rings. The standard InChI is InChI=1S/C24H20N6O/c31-19-10-8-17(9-11-19)22-13-23(27-15-26-22)28-18-5-3-4-16(12-18)14-25-24-29-20-6-1-2-7-21(20)30-24/h1-13,15,31H,14H2,(H2,25,29,30)(H,26,27,28). The van der Waals surface area contributed by atoms with Crippen LogP contribution in [0.5, 0.6) is 5.75 Å². The molecule has 152 valence electrons. The number of phenols is 1. The molecule has 0 atom stereocenters. The van der Waals surface area contributed by atoms with E-state index in [0.717, 1.165) is 39.5 Å². The number of aromatic nitrogens is 4. The fourth-order valence-electron chi connectivity index (χ4n) is 3.34. The molecule has 2 aromatic heterocycles. The summed E-state index contributed by atoms with van der Waals surface area (Å²) in [6, 6.07) is 24.9. The maximum Gasteiger partial charge on any atom is 0.201 e. The Labute approximate surface area is 178 Å². The van der Waals surface area contributed by atoms with Crippen LogP contribution in [0.3, 0.4) is 0 Å². The first-order valence-corrected chi connectivity index (χ1v) is 9.89. The van der Waals surface area contributed by atoms with E-state index in [1.807, 2.05) is 54.6 Å². The first-order chi connectivity index (χ1) is 15.2. The number of phenolic OH excluding ortho intramolecular Hbond substituents is 1. The molecule has 0 saturated heterocycles. The normalized spacial score (nSPS) is 10.8. The lowest BCUT2D eigenvalue weighted by atomic mass is 10.1. The molecular weight excluding hydrogens is 388 g/mol. The number of hydrogen-bond donors (Lipinski definition) is 4. The van der Waals surface area contributed by atoms with Crippen LogP contribution in [0.4, 0.5) is 17.5 Å². The summed E-state index contributed by atoms with van der Waals surface area (Å²) in [7, 11) is 0. The number of nitrogens with one attached hydrogen (secondary N) is 3. The predicted octanol–water partition coefficient (Wildman–Crippen LogP) is 5.08. The zero-order valence-corrected chi connectivity index (χ0v) is 16.6. The highest BCUT2D eigenvalue weighted by Crippen LogP contribution is 2.23. The van der Waals surface area contributed by atoms with Crippen molar-refractivity contribution in [3.05, 3.63) is 90.8 Å². The Morgan fingerprint density at radius 3 is 2.61 bits per heavy atom. The number of benzene rings is 3. The van der Waals surface area contributed by atoms with Crippen molar-refractivity contribution in [3.63, 3.8) is 0 Å². The van der Waals surface area contributed by atoms with Crippen molar-refractivity contribution in [2.45, 2.75) is 6.54 Å². The van der Waals surface area contributed by atoms with Gasteiger partial charge in [0.1, 0.15) is 17.9 Å². The average molecular weight is 408 g/mol. The molecule has 0 unspecified atom stereocenters. The second-order valence-electron chi connectivity index (χ2n) is 7.12. The number of aromatic hydroxyl groups is 1. The Kier molecular flexibility index (Phi) is 4.90. The van der Waals surface area contributed by atoms with Gasteiger partial charge in [0.15, 0.2) is 0 Å². The van der Waals surface area contributed by atoms with E-state index in [9.17, 15) is 5.11 Å². The summed E-state index contributed by atoms with van der Waals surface area (Å²) in [5.41, 5.74) is 5.67. The molecule has 0 spiro atoms. The van der Waals surface area contributed by atoms with Gasteiger partial charge in [0.2, 0.25) is 5.95 Å². The molecule has 0 aliphatic heterocycles. The summed E-state index contributed by atoms with van der Waals surface area (Å²) in [5.74, 6) is 1.67. The summed E-state index contributed by atoms with van der Waals surface area (Å²) in [6.07, 6.45) is 1.53. The zero-order valence-electron chi connectivity index (χ0n) is 16.6. The number of hydrogen-bond acceptors (Lipinski definition) is 6. The van der Waals surface area contributed by atoms with E-state index in [-0.39, 0.29) is 5.75 Å². The first-order valence-electron chi connectivity index (χ1n) is 9.89. The van der Waals surface area contributed by atoms with Crippen molar-refractivity contribution in [1.82, 2.24) is 19.9 Å². The van der Waals surface area contributed by atoms with Crippen LogP contribution in [0.15, 0.2) is 85.2 Å². The maximum absolute atomic E-state index is 9.48. The van der Waals surface area contributed by atoms with Crippen LogP contribution < -0.4 is 10.6 Å². The smallest absolute Gasteiger partial charge is 0.201 e. The van der Waals surface area contributed by atoms with E-state index in [4.69, 9.17) is 0 Å². The lowest BCUT2D eigenvalue weighted by Gasteiger charge is -2.09. The van der Waals surface area contributed by atoms with Crippen molar-refractivity contribution < 1.29 is 5.11 Å². The predicted molar refractivity (Wildman–Crippen MR) is 122 cm³/mol.